The molecule has 0 unspecified atom stereocenters. The highest BCUT2D eigenvalue weighted by Crippen LogP contribution is 2.22. The summed E-state index contributed by atoms with van der Waals surface area (Å²) in [6.07, 6.45) is 0. The van der Waals surface area contributed by atoms with Crippen molar-refractivity contribution in [2.24, 2.45) is 0 Å². The lowest BCUT2D eigenvalue weighted by molar-refractivity contribution is 0.104. The van der Waals surface area contributed by atoms with E-state index in [1.807, 2.05) is 13.8 Å². The third-order valence-corrected chi connectivity index (χ3v) is 3.60. The van der Waals surface area contributed by atoms with Crippen LogP contribution in [-0.2, 0) is 0 Å². The van der Waals surface area contributed by atoms with Gasteiger partial charge in [0.2, 0.25) is 5.78 Å². The van der Waals surface area contributed by atoms with Gasteiger partial charge < -0.3 is 0 Å². The lowest BCUT2D eigenvalue weighted by atomic mass is 10.1. The second-order valence-electron chi connectivity index (χ2n) is 3.94. The van der Waals surface area contributed by atoms with E-state index in [1.165, 1.54) is 23.5 Å². The molecule has 1 aromatic carbocycles. The number of thiazole rings is 1. The van der Waals surface area contributed by atoms with Crippen LogP contribution in [0.15, 0.2) is 18.2 Å². The summed E-state index contributed by atoms with van der Waals surface area (Å²) in [4.78, 5) is 17.0. The van der Waals surface area contributed by atoms with Gasteiger partial charge in [0, 0.05) is 5.56 Å². The Balaban J connectivity index is 2.44. The van der Waals surface area contributed by atoms with Crippen LogP contribution in [0.25, 0.3) is 0 Å². The van der Waals surface area contributed by atoms with Crippen molar-refractivity contribution in [3.8, 4) is 0 Å². The van der Waals surface area contributed by atoms with Gasteiger partial charge in [-0.2, -0.15) is 0 Å². The molecule has 0 bridgehead atoms. The van der Waals surface area contributed by atoms with E-state index >= 15 is 0 Å². The molecule has 0 atom stereocenters. The fraction of sp³-hybridized carbons (Fsp3) is 0.231. The highest BCUT2D eigenvalue weighted by molar-refractivity contribution is 7.14. The largest absolute Gasteiger partial charge is 0.288 e. The first-order valence-electron chi connectivity index (χ1n) is 5.24. The Bertz CT molecular complexity index is 589. The first-order chi connectivity index (χ1) is 7.99. The predicted molar refractivity (Wildman–Crippen MR) is 66.2 cm³/mol. The molecule has 2 aromatic rings. The molecule has 0 amide bonds. The second kappa shape index (κ2) is 4.37. The first-order valence-corrected chi connectivity index (χ1v) is 6.05. The number of hydrogen-bond donors (Lipinski definition) is 0. The van der Waals surface area contributed by atoms with Crippen LogP contribution in [0.3, 0.4) is 0 Å². The molecule has 0 saturated heterocycles. The van der Waals surface area contributed by atoms with E-state index in [0.717, 1.165) is 10.7 Å². The molecular formula is C13H12FNOS. The van der Waals surface area contributed by atoms with Crippen molar-refractivity contribution in [3.05, 3.63) is 50.7 Å². The molecule has 1 aromatic heterocycles. The van der Waals surface area contributed by atoms with Crippen LogP contribution in [0, 0.1) is 26.6 Å². The van der Waals surface area contributed by atoms with E-state index in [2.05, 4.69) is 4.98 Å². The smallest absolute Gasteiger partial charge is 0.204 e. The van der Waals surface area contributed by atoms with E-state index in [9.17, 15) is 9.18 Å². The summed E-state index contributed by atoms with van der Waals surface area (Å²) >= 11 is 1.37. The Hall–Kier alpha value is -1.55. The number of halogens is 1. The maximum atomic E-state index is 13.1. The van der Waals surface area contributed by atoms with Gasteiger partial charge in [0.05, 0.1) is 15.6 Å². The molecule has 1 heterocycles. The zero-order valence-corrected chi connectivity index (χ0v) is 10.7. The Morgan fingerprint density at radius 1 is 1.29 bits per heavy atom. The van der Waals surface area contributed by atoms with Crippen LogP contribution in [-0.4, -0.2) is 10.8 Å². The normalized spacial score (nSPS) is 10.6. The van der Waals surface area contributed by atoms with E-state index in [1.54, 1.807) is 13.0 Å². The quantitative estimate of drug-likeness (QED) is 0.763. The van der Waals surface area contributed by atoms with Gasteiger partial charge in [-0.1, -0.05) is 0 Å². The fourth-order valence-electron chi connectivity index (χ4n) is 1.66. The standard InChI is InChI=1S/C13H12FNOS/c1-7-6-10(4-5-11(7)14)12(16)13-8(2)15-9(3)17-13/h4-6H,1-3H3. The number of rotatable bonds is 2. The Morgan fingerprint density at radius 3 is 2.53 bits per heavy atom. The minimum Gasteiger partial charge on any atom is -0.288 e. The fourth-order valence-corrected chi connectivity index (χ4v) is 2.54. The predicted octanol–water partition coefficient (Wildman–Crippen LogP) is 3.44. The van der Waals surface area contributed by atoms with Crippen LogP contribution in [0.2, 0.25) is 0 Å². The van der Waals surface area contributed by atoms with Crippen molar-refractivity contribution in [1.29, 1.82) is 0 Å². The SMILES string of the molecule is Cc1nc(C)c(C(=O)c2ccc(F)c(C)c2)s1. The Labute approximate surface area is 103 Å². The van der Waals surface area contributed by atoms with Gasteiger partial charge in [0.15, 0.2) is 0 Å². The molecule has 0 aliphatic rings. The molecule has 2 rings (SSSR count). The molecule has 88 valence electrons. The maximum absolute atomic E-state index is 13.1. The number of nitrogens with zero attached hydrogens (tertiary/aromatic N) is 1. The van der Waals surface area contributed by atoms with Crippen molar-refractivity contribution in [2.75, 3.05) is 0 Å². The third-order valence-electron chi connectivity index (χ3n) is 2.53. The van der Waals surface area contributed by atoms with Gasteiger partial charge in [0.1, 0.15) is 5.82 Å². The topological polar surface area (TPSA) is 30.0 Å². The monoisotopic (exact) mass is 249 g/mol. The number of ketones is 1. The molecule has 17 heavy (non-hydrogen) atoms. The van der Waals surface area contributed by atoms with Gasteiger partial charge in [-0.05, 0) is 44.5 Å². The zero-order chi connectivity index (χ0) is 12.6. The lowest BCUT2D eigenvalue weighted by Gasteiger charge is -2.01. The minimum absolute atomic E-state index is 0.0869. The van der Waals surface area contributed by atoms with Gasteiger partial charge in [-0.3, -0.25) is 4.79 Å². The average Bonchev–Trinajstić information content (AvgIpc) is 2.61. The average molecular weight is 249 g/mol. The number of hydrogen-bond acceptors (Lipinski definition) is 3. The molecule has 0 fully saturated rings. The Kier molecular flexibility index (Phi) is 3.07. The van der Waals surface area contributed by atoms with E-state index < -0.39 is 0 Å². The second-order valence-corrected chi connectivity index (χ2v) is 5.14. The summed E-state index contributed by atoms with van der Waals surface area (Å²) < 4.78 is 13.1. The van der Waals surface area contributed by atoms with Crippen LogP contribution in [0.4, 0.5) is 4.39 Å². The molecule has 0 aliphatic carbocycles. The molecule has 0 radical (unpaired) electrons. The van der Waals surface area contributed by atoms with Crippen molar-refractivity contribution >= 4 is 17.1 Å². The van der Waals surface area contributed by atoms with Crippen molar-refractivity contribution in [3.63, 3.8) is 0 Å². The minimum atomic E-state index is -0.293. The summed E-state index contributed by atoms with van der Waals surface area (Å²) in [5.74, 6) is -0.380. The molecule has 0 N–H and O–H groups in total. The van der Waals surface area contributed by atoms with E-state index in [-0.39, 0.29) is 11.6 Å². The van der Waals surface area contributed by atoms with Gasteiger partial charge >= 0.3 is 0 Å². The number of carbonyl (C=O) groups excluding carboxylic acids is 1. The van der Waals surface area contributed by atoms with Crippen LogP contribution in [0.5, 0.6) is 0 Å². The highest BCUT2D eigenvalue weighted by atomic mass is 32.1. The summed E-state index contributed by atoms with van der Waals surface area (Å²) in [6.45, 7) is 5.33. The van der Waals surface area contributed by atoms with Gasteiger partial charge in [-0.15, -0.1) is 11.3 Å². The van der Waals surface area contributed by atoms with Crippen molar-refractivity contribution < 1.29 is 9.18 Å². The first kappa shape index (κ1) is 11.9. The van der Waals surface area contributed by atoms with Crippen molar-refractivity contribution in [2.45, 2.75) is 20.8 Å². The number of carbonyl (C=O) groups is 1. The maximum Gasteiger partial charge on any atom is 0.204 e. The van der Waals surface area contributed by atoms with Crippen LogP contribution < -0.4 is 0 Å². The van der Waals surface area contributed by atoms with Gasteiger partial charge in [0.25, 0.3) is 0 Å². The molecule has 4 heteroatoms. The summed E-state index contributed by atoms with van der Waals surface area (Å²) in [5.41, 5.74) is 1.73. The molecule has 0 aliphatic heterocycles. The summed E-state index contributed by atoms with van der Waals surface area (Å²) in [7, 11) is 0. The Morgan fingerprint density at radius 2 is 2.00 bits per heavy atom. The zero-order valence-electron chi connectivity index (χ0n) is 9.87. The van der Waals surface area contributed by atoms with Crippen LogP contribution >= 0.6 is 11.3 Å². The van der Waals surface area contributed by atoms with Crippen LogP contribution in [0.1, 0.15) is 31.5 Å². The van der Waals surface area contributed by atoms with E-state index in [4.69, 9.17) is 0 Å². The number of aryl methyl sites for hydroxylation is 3. The lowest BCUT2D eigenvalue weighted by Crippen LogP contribution is -2.01. The summed E-state index contributed by atoms with van der Waals surface area (Å²) in [6, 6.07) is 4.41. The highest BCUT2D eigenvalue weighted by Gasteiger charge is 2.16. The molecule has 0 saturated carbocycles. The van der Waals surface area contributed by atoms with E-state index in [0.29, 0.717) is 16.0 Å². The number of aromatic nitrogens is 1. The van der Waals surface area contributed by atoms with Crippen molar-refractivity contribution in [1.82, 2.24) is 4.98 Å². The number of benzene rings is 1. The summed E-state index contributed by atoms with van der Waals surface area (Å²) in [5, 5.41) is 0.865. The molecular weight excluding hydrogens is 237 g/mol. The van der Waals surface area contributed by atoms with Gasteiger partial charge in [-0.25, -0.2) is 9.37 Å². The third kappa shape index (κ3) is 2.26. The molecule has 2 nitrogen and oxygen atoms in total. The molecule has 0 spiro atoms.